The van der Waals surface area contributed by atoms with Gasteiger partial charge in [-0.2, -0.15) is 0 Å². The van der Waals surface area contributed by atoms with Crippen molar-refractivity contribution in [3.05, 3.63) is 122 Å². The van der Waals surface area contributed by atoms with Crippen molar-refractivity contribution in [1.29, 1.82) is 0 Å². The molecule has 3 fully saturated rings. The molecule has 610 valence electrons. The van der Waals surface area contributed by atoms with Crippen molar-refractivity contribution in [1.82, 2.24) is 5.32 Å². The van der Waals surface area contributed by atoms with Crippen molar-refractivity contribution in [3.8, 4) is 0 Å². The molecule has 19 heteroatoms. The van der Waals surface area contributed by atoms with Gasteiger partial charge in [-0.15, -0.1) is 0 Å². The number of amides is 1. The van der Waals surface area contributed by atoms with Gasteiger partial charge >= 0.3 is 0 Å². The molecule has 106 heavy (non-hydrogen) atoms. The minimum Gasteiger partial charge on any atom is -0.394 e. The number of carbonyl (C=O) groups is 1. The molecule has 3 aliphatic heterocycles. The van der Waals surface area contributed by atoms with E-state index in [0.29, 0.717) is 12.8 Å². The van der Waals surface area contributed by atoms with Crippen LogP contribution in [-0.4, -0.2) is 193 Å². The Morgan fingerprint density at radius 1 is 0.349 bits per heavy atom. The molecule has 1 amide bonds. The Morgan fingerprint density at radius 3 is 1.06 bits per heavy atom. The van der Waals surface area contributed by atoms with Gasteiger partial charge in [-0.25, -0.2) is 0 Å². The summed E-state index contributed by atoms with van der Waals surface area (Å²) in [6.07, 6.45) is 66.2. The van der Waals surface area contributed by atoms with E-state index in [4.69, 9.17) is 28.4 Å². The van der Waals surface area contributed by atoms with Gasteiger partial charge in [0.05, 0.1) is 38.6 Å². The maximum absolute atomic E-state index is 13.5. The smallest absolute Gasteiger partial charge is 0.220 e. The van der Waals surface area contributed by atoms with E-state index in [0.717, 1.165) is 96.3 Å². The van der Waals surface area contributed by atoms with Crippen LogP contribution in [0.3, 0.4) is 0 Å². The van der Waals surface area contributed by atoms with Crippen LogP contribution >= 0.6 is 0 Å². The molecule has 0 saturated carbocycles. The van der Waals surface area contributed by atoms with Gasteiger partial charge in [-0.1, -0.05) is 309 Å². The fourth-order valence-corrected chi connectivity index (χ4v) is 13.3. The van der Waals surface area contributed by atoms with E-state index in [1.807, 2.05) is 6.08 Å². The lowest BCUT2D eigenvalue weighted by atomic mass is 9.96. The summed E-state index contributed by atoms with van der Waals surface area (Å²) in [7, 11) is 0. The Hall–Kier alpha value is -3.81. The zero-order valence-electron chi connectivity index (χ0n) is 65.4. The minimum atomic E-state index is -1.99. The SMILES string of the molecule is CC/C=C\C/C=C\C/C=C\C/C=C\C/C=C\C/C=C\C/C=C\C/C=C\CCCCCCC(=O)NC(COC1OC(CO)C(OC2OC(CO)C(OC3OC(CO)C(O)C(O)C3O)C(O)C2O)C(O)C1O)C(O)/C=C/CC/C=C/CCCCCCCCCCCCCCCCCCCCCCCCCCCC. The molecule has 0 aromatic heterocycles. The van der Waals surface area contributed by atoms with Gasteiger partial charge in [0.15, 0.2) is 18.9 Å². The molecule has 19 nitrogen and oxygen atoms in total. The Morgan fingerprint density at radius 2 is 0.660 bits per heavy atom. The highest BCUT2D eigenvalue weighted by Gasteiger charge is 2.54. The summed E-state index contributed by atoms with van der Waals surface area (Å²) in [5.41, 5.74) is 0. The average molecular weight is 1500 g/mol. The lowest BCUT2D eigenvalue weighted by Gasteiger charge is -2.48. The summed E-state index contributed by atoms with van der Waals surface area (Å²) < 4.78 is 34.4. The topological polar surface area (TPSA) is 307 Å². The van der Waals surface area contributed by atoms with E-state index in [1.165, 1.54) is 161 Å². The fourth-order valence-electron chi connectivity index (χ4n) is 13.3. The standard InChI is InChI=1S/C87H149NO18/c1-3-5-7-9-11-13-15-17-19-21-23-25-27-29-31-33-34-35-37-38-40-42-44-46-48-50-52-54-56-58-60-62-64-71(92)70(88-75(93)65-63-61-59-57-55-53-51-49-47-45-43-41-39-36-32-30-28-26-24-22-20-18-16-14-12-10-8-6-4-2)69-101-85-81(99)78(96)83(73(67-90)103-85)106-87-82(100)79(97)84(74(68-91)104-87)105-86-80(98)77(95)76(94)72(66-89)102-86/h6,8,12,14,18,20,24,26,30,32,39,41,45,47,51,53-54,56,62,64,70-74,76-87,89-92,94-100H,3-5,7,9-11,13,15-17,19,21-23,25,27-29,31,33-38,40,42-44,46,48-50,52,55,57-61,63,65-69H2,1-2H3,(H,88,93)/b8-6-,14-12-,20-18-,26-24-,32-30-,41-39-,47-45-,53-51-,56-54+,64-62+. The Bertz CT molecular complexity index is 2390. The Balaban J connectivity index is 1.39. The third-order valence-electron chi connectivity index (χ3n) is 20.0. The molecule has 3 saturated heterocycles. The maximum atomic E-state index is 13.5. The van der Waals surface area contributed by atoms with Gasteiger partial charge in [-0.3, -0.25) is 4.79 Å². The van der Waals surface area contributed by atoms with Crippen LogP contribution in [0.15, 0.2) is 122 Å². The number of nitrogens with one attached hydrogen (secondary N) is 1. The van der Waals surface area contributed by atoms with Crippen LogP contribution in [0.5, 0.6) is 0 Å². The lowest BCUT2D eigenvalue weighted by Crippen LogP contribution is -2.66. The van der Waals surface area contributed by atoms with E-state index in [1.54, 1.807) is 6.08 Å². The average Bonchev–Trinajstić information content (AvgIpc) is 0.781. The molecule has 17 unspecified atom stereocenters. The number of ether oxygens (including phenoxy) is 6. The first-order valence-corrected chi connectivity index (χ1v) is 41.8. The molecule has 3 heterocycles. The van der Waals surface area contributed by atoms with Gasteiger partial charge in [0.2, 0.25) is 5.91 Å². The maximum Gasteiger partial charge on any atom is 0.220 e. The van der Waals surface area contributed by atoms with Gasteiger partial charge in [0.1, 0.15) is 73.2 Å². The largest absolute Gasteiger partial charge is 0.394 e. The molecule has 0 aliphatic carbocycles. The van der Waals surface area contributed by atoms with Crippen LogP contribution in [-0.2, 0) is 33.2 Å². The molecule has 3 aliphatic rings. The zero-order valence-corrected chi connectivity index (χ0v) is 65.4. The lowest BCUT2D eigenvalue weighted by molar-refractivity contribution is -0.379. The highest BCUT2D eigenvalue weighted by Crippen LogP contribution is 2.33. The third kappa shape index (κ3) is 44.9. The first-order chi connectivity index (χ1) is 51.8. The highest BCUT2D eigenvalue weighted by atomic mass is 16.8. The minimum absolute atomic E-state index is 0.198. The number of aliphatic hydroxyl groups excluding tert-OH is 11. The first kappa shape index (κ1) is 96.4. The zero-order chi connectivity index (χ0) is 76.7. The second kappa shape index (κ2) is 65.9. The number of unbranched alkanes of at least 4 members (excludes halogenated alkanes) is 31. The molecule has 0 spiro atoms. The van der Waals surface area contributed by atoms with Gasteiger partial charge in [0.25, 0.3) is 0 Å². The number of carbonyl (C=O) groups excluding carboxylic acids is 1. The predicted molar refractivity (Wildman–Crippen MR) is 424 cm³/mol. The molecule has 0 radical (unpaired) electrons. The van der Waals surface area contributed by atoms with E-state index < -0.39 is 124 Å². The molecule has 17 atom stereocenters. The van der Waals surface area contributed by atoms with Crippen molar-refractivity contribution in [3.63, 3.8) is 0 Å². The van der Waals surface area contributed by atoms with E-state index in [9.17, 15) is 61.0 Å². The Kier molecular flexibility index (Phi) is 59.9. The molecule has 0 aromatic carbocycles. The summed E-state index contributed by atoms with van der Waals surface area (Å²) in [5.74, 6) is -0.312. The number of rotatable bonds is 65. The van der Waals surface area contributed by atoms with Crippen molar-refractivity contribution < 1.29 is 89.4 Å². The summed E-state index contributed by atoms with van der Waals surface area (Å²) in [4.78, 5) is 13.5. The summed E-state index contributed by atoms with van der Waals surface area (Å²) >= 11 is 0. The quantitative estimate of drug-likeness (QED) is 0.0199. The number of aliphatic hydroxyl groups is 11. The summed E-state index contributed by atoms with van der Waals surface area (Å²) in [6.45, 7) is 1.60. The first-order valence-electron chi connectivity index (χ1n) is 41.8. The van der Waals surface area contributed by atoms with Crippen molar-refractivity contribution in [2.75, 3.05) is 26.4 Å². The molecule has 12 N–H and O–H groups in total. The number of hydrogen-bond donors (Lipinski definition) is 12. The molecule has 0 aromatic rings. The van der Waals surface area contributed by atoms with E-state index in [2.05, 4.69) is 129 Å². The number of allylic oxidation sites excluding steroid dienone is 19. The highest BCUT2D eigenvalue weighted by molar-refractivity contribution is 5.76. The second-order valence-corrected chi connectivity index (χ2v) is 29.2. The Labute approximate surface area is 639 Å². The fraction of sp³-hybridized carbons (Fsp3) is 0.759. The van der Waals surface area contributed by atoms with Crippen molar-refractivity contribution >= 4 is 5.91 Å². The van der Waals surface area contributed by atoms with E-state index in [-0.39, 0.29) is 18.9 Å². The monoisotopic (exact) mass is 1500 g/mol. The molecule has 3 rings (SSSR count). The normalized spacial score (nSPS) is 26.3. The second-order valence-electron chi connectivity index (χ2n) is 29.2. The van der Waals surface area contributed by atoms with Gasteiger partial charge in [-0.05, 0) is 96.3 Å². The van der Waals surface area contributed by atoms with Gasteiger partial charge < -0.3 is 89.9 Å². The van der Waals surface area contributed by atoms with Crippen LogP contribution in [0.2, 0.25) is 0 Å². The van der Waals surface area contributed by atoms with Crippen molar-refractivity contribution in [2.45, 2.75) is 394 Å². The van der Waals surface area contributed by atoms with Crippen LogP contribution < -0.4 is 5.32 Å². The van der Waals surface area contributed by atoms with Crippen LogP contribution in [0, 0.1) is 0 Å². The third-order valence-corrected chi connectivity index (χ3v) is 20.0. The summed E-state index contributed by atoms with van der Waals surface area (Å²) in [6, 6.07) is -1.02. The summed E-state index contributed by atoms with van der Waals surface area (Å²) in [5, 5.41) is 121. The molecular weight excluding hydrogens is 1350 g/mol. The molecular formula is C87H149NO18. The van der Waals surface area contributed by atoms with E-state index >= 15 is 0 Å². The predicted octanol–water partition coefficient (Wildman–Crippen LogP) is 14.7. The van der Waals surface area contributed by atoms with Crippen LogP contribution in [0.1, 0.15) is 290 Å². The van der Waals surface area contributed by atoms with Crippen LogP contribution in [0.4, 0.5) is 0 Å². The van der Waals surface area contributed by atoms with Crippen molar-refractivity contribution in [2.24, 2.45) is 0 Å². The molecule has 0 bridgehead atoms. The van der Waals surface area contributed by atoms with Crippen LogP contribution in [0.25, 0.3) is 0 Å². The number of hydrogen-bond acceptors (Lipinski definition) is 18. The van der Waals surface area contributed by atoms with Gasteiger partial charge in [0, 0.05) is 6.42 Å².